The van der Waals surface area contributed by atoms with Crippen molar-refractivity contribution in [3.63, 3.8) is 0 Å². The molecular weight excluding hydrogens is 173 g/mol. The molecule has 0 saturated carbocycles. The van der Waals surface area contributed by atoms with Crippen LogP contribution in [0.15, 0.2) is 18.7 Å². The van der Waals surface area contributed by atoms with Gasteiger partial charge in [-0.3, -0.25) is 0 Å². The van der Waals surface area contributed by atoms with Gasteiger partial charge in [-0.2, -0.15) is 0 Å². The van der Waals surface area contributed by atoms with Gasteiger partial charge in [0.1, 0.15) is 6.20 Å². The Morgan fingerprint density at radius 3 is 2.64 bits per heavy atom. The summed E-state index contributed by atoms with van der Waals surface area (Å²) >= 11 is 0. The number of hydrogen-bond acceptors (Lipinski definition) is 0. The highest BCUT2D eigenvalue weighted by molar-refractivity contribution is 6.13. The molecule has 0 unspecified atom stereocenters. The monoisotopic (exact) mass is 194 g/mol. The molecule has 0 fully saturated rings. The normalized spacial score (nSPS) is 12.0. The third-order valence-corrected chi connectivity index (χ3v) is 1.96. The van der Waals surface area contributed by atoms with Crippen molar-refractivity contribution in [1.82, 2.24) is 4.57 Å². The van der Waals surface area contributed by atoms with E-state index in [-0.39, 0.29) is 0 Å². The minimum absolute atomic E-state index is 0.836. The lowest BCUT2D eigenvalue weighted by Gasteiger charge is -2.33. The highest BCUT2D eigenvalue weighted by Gasteiger charge is 2.04. The summed E-state index contributed by atoms with van der Waals surface area (Å²) in [7, 11) is 8.62. The molecule has 1 heterocycles. The van der Waals surface area contributed by atoms with Gasteiger partial charge in [-0.25, -0.2) is 4.57 Å². The van der Waals surface area contributed by atoms with Gasteiger partial charge in [0, 0.05) is 21.1 Å². The predicted molar refractivity (Wildman–Crippen MR) is 58.7 cm³/mol. The first kappa shape index (κ1) is 11.3. The van der Waals surface area contributed by atoms with Crippen molar-refractivity contribution in [3.05, 3.63) is 18.7 Å². The van der Waals surface area contributed by atoms with Gasteiger partial charge in [0.15, 0.2) is 6.33 Å². The molecule has 0 N–H and O–H groups in total. The fourth-order valence-electron chi connectivity index (χ4n) is 1.35. The molecule has 0 aliphatic heterocycles. The van der Waals surface area contributed by atoms with Crippen LogP contribution in [-0.2, 0) is 6.54 Å². The van der Waals surface area contributed by atoms with Crippen molar-refractivity contribution in [2.75, 3.05) is 21.1 Å². The standard InChI is InChI=1S/C10H21BN3/c1-5-6-7-12-8-9-13(10-12)11-14(2,3)4/h8-10H,5-7H2,1-4H3/q+1. The van der Waals surface area contributed by atoms with Gasteiger partial charge < -0.3 is 8.87 Å². The lowest BCUT2D eigenvalue weighted by Crippen LogP contribution is -2.55. The average Bonchev–Trinajstić information content (AvgIpc) is 2.46. The maximum Gasteiger partial charge on any atom is 0.282 e. The van der Waals surface area contributed by atoms with Crippen LogP contribution in [0.4, 0.5) is 0 Å². The van der Waals surface area contributed by atoms with Gasteiger partial charge >= 0.3 is 0 Å². The van der Waals surface area contributed by atoms with E-state index in [1.807, 2.05) is 0 Å². The molecule has 0 aliphatic carbocycles. The summed E-state index contributed by atoms with van der Waals surface area (Å²) in [5, 5.41) is 0. The van der Waals surface area contributed by atoms with Crippen LogP contribution in [0.25, 0.3) is 0 Å². The molecule has 0 aliphatic rings. The Morgan fingerprint density at radius 2 is 2.07 bits per heavy atom. The summed E-state index contributed by atoms with van der Waals surface area (Å²) < 4.78 is 5.19. The average molecular weight is 194 g/mol. The van der Waals surface area contributed by atoms with Crippen LogP contribution in [-0.4, -0.2) is 37.7 Å². The minimum Gasteiger partial charge on any atom is -0.526 e. The smallest absolute Gasteiger partial charge is 0.282 e. The highest BCUT2D eigenvalue weighted by Crippen LogP contribution is 1.93. The van der Waals surface area contributed by atoms with E-state index in [2.05, 4.69) is 63.4 Å². The number of aromatic nitrogens is 2. The summed E-state index contributed by atoms with van der Waals surface area (Å²) in [6.45, 7) is 3.34. The van der Waals surface area contributed by atoms with Crippen molar-refractivity contribution in [3.8, 4) is 0 Å². The van der Waals surface area contributed by atoms with Gasteiger partial charge in [0.25, 0.3) is 7.55 Å². The Kier molecular flexibility index (Phi) is 3.75. The third-order valence-electron chi connectivity index (χ3n) is 1.96. The van der Waals surface area contributed by atoms with Gasteiger partial charge in [-0.1, -0.05) is 13.3 Å². The molecule has 0 spiro atoms. The first-order valence-corrected chi connectivity index (χ1v) is 5.25. The molecule has 0 aromatic carbocycles. The molecule has 4 heteroatoms. The lowest BCUT2D eigenvalue weighted by atomic mass is 10.1. The third kappa shape index (κ3) is 3.96. The van der Waals surface area contributed by atoms with Crippen molar-refractivity contribution >= 4 is 7.55 Å². The van der Waals surface area contributed by atoms with E-state index in [0.717, 1.165) is 10.9 Å². The second-order valence-electron chi connectivity index (χ2n) is 4.68. The maximum absolute atomic E-state index is 2.23. The van der Waals surface area contributed by atoms with Crippen LogP contribution < -0.4 is 4.48 Å². The zero-order valence-electron chi connectivity index (χ0n) is 9.77. The number of aryl methyl sites for hydroxylation is 1. The highest BCUT2D eigenvalue weighted by atomic mass is 15.3. The van der Waals surface area contributed by atoms with E-state index in [9.17, 15) is 0 Å². The van der Waals surface area contributed by atoms with Crippen LogP contribution in [0, 0.1) is 0 Å². The Bertz CT molecular complexity index is 275. The van der Waals surface area contributed by atoms with E-state index in [1.165, 1.54) is 12.8 Å². The Morgan fingerprint density at radius 1 is 1.36 bits per heavy atom. The first-order valence-electron chi connectivity index (χ1n) is 5.25. The van der Waals surface area contributed by atoms with Crippen LogP contribution in [0.1, 0.15) is 19.8 Å². The van der Waals surface area contributed by atoms with E-state index >= 15 is 0 Å². The molecule has 1 aromatic heterocycles. The second-order valence-corrected chi connectivity index (χ2v) is 4.68. The van der Waals surface area contributed by atoms with E-state index in [1.54, 1.807) is 0 Å². The number of hydrogen-bond donors (Lipinski definition) is 0. The van der Waals surface area contributed by atoms with Crippen molar-refractivity contribution in [1.29, 1.82) is 0 Å². The molecule has 1 aromatic rings. The first-order chi connectivity index (χ1) is 6.51. The summed E-state index contributed by atoms with van der Waals surface area (Å²) in [5.41, 5.74) is 0. The molecule has 0 saturated heterocycles. The van der Waals surface area contributed by atoms with Crippen molar-refractivity contribution < 1.29 is 8.87 Å². The van der Waals surface area contributed by atoms with Crippen molar-refractivity contribution in [2.24, 2.45) is 0 Å². The number of rotatable bonds is 5. The van der Waals surface area contributed by atoms with Crippen LogP contribution in [0.3, 0.4) is 0 Å². The zero-order chi connectivity index (χ0) is 10.6. The van der Waals surface area contributed by atoms with Gasteiger partial charge in [-0.15, -0.1) is 0 Å². The van der Waals surface area contributed by atoms with E-state index in [0.29, 0.717) is 0 Å². The van der Waals surface area contributed by atoms with Crippen LogP contribution in [0.2, 0.25) is 0 Å². The molecule has 14 heavy (non-hydrogen) atoms. The molecule has 0 atom stereocenters. The second kappa shape index (κ2) is 4.64. The number of nitrogens with zero attached hydrogens (tertiary/aromatic N) is 3. The molecule has 0 amide bonds. The molecule has 2 radical (unpaired) electrons. The number of unbranched alkanes of at least 4 members (excludes halogenated alkanes) is 1. The Hall–Kier alpha value is -0.765. The van der Waals surface area contributed by atoms with Crippen molar-refractivity contribution in [2.45, 2.75) is 26.3 Å². The fraction of sp³-hybridized carbons (Fsp3) is 0.700. The summed E-state index contributed by atoms with van der Waals surface area (Å²) in [6.07, 6.45) is 8.86. The number of imidazole rings is 1. The summed E-state index contributed by atoms with van der Waals surface area (Å²) in [4.78, 5) is 0. The zero-order valence-corrected chi connectivity index (χ0v) is 9.77. The largest absolute Gasteiger partial charge is 0.526 e. The van der Waals surface area contributed by atoms with E-state index < -0.39 is 0 Å². The molecule has 0 bridgehead atoms. The summed E-state index contributed by atoms with van der Waals surface area (Å²) in [5.74, 6) is 0. The van der Waals surface area contributed by atoms with E-state index in [4.69, 9.17) is 0 Å². The molecule has 78 valence electrons. The topological polar surface area (TPSA) is 8.81 Å². The van der Waals surface area contributed by atoms with Gasteiger partial charge in [0.2, 0.25) is 0 Å². The SMILES string of the molecule is CCCCn1cc[n+]([B-][N+](C)(C)C)c1. The lowest BCUT2D eigenvalue weighted by molar-refractivity contribution is -0.806. The Labute approximate surface area is 87.8 Å². The van der Waals surface area contributed by atoms with Gasteiger partial charge in [-0.05, 0) is 6.42 Å². The molecule has 1 rings (SSSR count). The minimum atomic E-state index is 0.836. The molecule has 3 nitrogen and oxygen atoms in total. The predicted octanol–water partition coefficient (Wildman–Crippen LogP) is 0.664. The fourth-order valence-corrected chi connectivity index (χ4v) is 1.35. The number of quaternary nitrogens is 1. The Balaban J connectivity index is 2.51. The van der Waals surface area contributed by atoms with Crippen LogP contribution in [0.5, 0.6) is 0 Å². The van der Waals surface area contributed by atoms with Gasteiger partial charge in [0.05, 0.1) is 12.7 Å². The van der Waals surface area contributed by atoms with Crippen LogP contribution >= 0.6 is 0 Å². The maximum atomic E-state index is 2.23. The quantitative estimate of drug-likeness (QED) is 0.609. The molecular formula is C10H21BN3+. The summed E-state index contributed by atoms with van der Waals surface area (Å²) in [6, 6.07) is 0.